The van der Waals surface area contributed by atoms with Gasteiger partial charge in [0.25, 0.3) is 0 Å². The Hall–Kier alpha value is -3.63. The highest BCUT2D eigenvalue weighted by molar-refractivity contribution is 5.82. The standard InChI is InChI=1S/C24H27N3O7/c1-25(20(13-26-8-7-18(29)12-26)16-3-2-4-17(28)11-16)22(30)10-15-5-6-21-19(9-15)27(14-23(31)32)24(33)34-21/h2-6,9,11,18,20,28-29H,7-8,10,12-14H2,1H3,(H,31,32)/t18-,20+/m0/s1. The Morgan fingerprint density at radius 3 is 2.71 bits per heavy atom. The van der Waals surface area contributed by atoms with E-state index < -0.39 is 24.4 Å². The van der Waals surface area contributed by atoms with Crippen LogP contribution in [0.25, 0.3) is 11.1 Å². The van der Waals surface area contributed by atoms with Crippen LogP contribution in [0.5, 0.6) is 5.75 Å². The van der Waals surface area contributed by atoms with E-state index in [1.54, 1.807) is 48.3 Å². The van der Waals surface area contributed by atoms with E-state index in [0.29, 0.717) is 30.6 Å². The molecule has 0 saturated carbocycles. The van der Waals surface area contributed by atoms with E-state index in [2.05, 4.69) is 4.90 Å². The third-order valence-corrected chi connectivity index (χ3v) is 6.18. The SMILES string of the molecule is CN(C(=O)Cc1ccc2oc(=O)n(CC(=O)O)c2c1)[C@H](CN1CC[C@H](O)C1)c1cccc(O)c1. The lowest BCUT2D eigenvalue weighted by Crippen LogP contribution is -2.39. The fraction of sp³-hybridized carbons (Fsp3) is 0.375. The maximum absolute atomic E-state index is 13.3. The smallest absolute Gasteiger partial charge is 0.420 e. The maximum atomic E-state index is 13.3. The Labute approximate surface area is 195 Å². The van der Waals surface area contributed by atoms with E-state index in [0.717, 1.165) is 16.7 Å². The van der Waals surface area contributed by atoms with Gasteiger partial charge < -0.3 is 24.6 Å². The molecule has 3 aromatic rings. The highest BCUT2D eigenvalue weighted by atomic mass is 16.4. The molecule has 180 valence electrons. The zero-order chi connectivity index (χ0) is 24.4. The molecule has 1 saturated heterocycles. The van der Waals surface area contributed by atoms with Gasteiger partial charge in [-0.3, -0.25) is 19.1 Å². The minimum Gasteiger partial charge on any atom is -0.508 e. The molecular weight excluding hydrogens is 442 g/mol. The number of benzene rings is 2. The molecule has 1 aliphatic heterocycles. The molecule has 3 N–H and O–H groups in total. The number of carbonyl (C=O) groups is 2. The second-order valence-corrected chi connectivity index (χ2v) is 8.64. The van der Waals surface area contributed by atoms with Crippen LogP contribution in [-0.2, 0) is 22.6 Å². The van der Waals surface area contributed by atoms with Gasteiger partial charge in [-0.1, -0.05) is 18.2 Å². The van der Waals surface area contributed by atoms with Crippen molar-refractivity contribution in [2.24, 2.45) is 0 Å². The summed E-state index contributed by atoms with van der Waals surface area (Å²) >= 11 is 0. The molecule has 0 radical (unpaired) electrons. The number of carboxylic acid groups (broad SMARTS) is 1. The topological polar surface area (TPSA) is 136 Å². The number of β-amino-alcohol motifs (C(OH)–C–C–N with tert-alkyl or cyclic N) is 1. The second-order valence-electron chi connectivity index (χ2n) is 8.64. The number of hydrogen-bond donors (Lipinski definition) is 3. The number of phenols is 1. The van der Waals surface area contributed by atoms with Crippen molar-refractivity contribution >= 4 is 23.0 Å². The number of aliphatic hydroxyl groups excluding tert-OH is 1. The van der Waals surface area contributed by atoms with Crippen LogP contribution in [0.1, 0.15) is 23.6 Å². The number of aliphatic carboxylic acids is 1. The molecule has 10 heteroatoms. The van der Waals surface area contributed by atoms with E-state index in [1.165, 1.54) is 0 Å². The van der Waals surface area contributed by atoms with Gasteiger partial charge in [0, 0.05) is 26.7 Å². The Morgan fingerprint density at radius 1 is 1.24 bits per heavy atom. The summed E-state index contributed by atoms with van der Waals surface area (Å²) in [6.07, 6.45) is 0.306. The van der Waals surface area contributed by atoms with Crippen molar-refractivity contribution in [2.75, 3.05) is 26.7 Å². The van der Waals surface area contributed by atoms with E-state index in [4.69, 9.17) is 9.52 Å². The van der Waals surface area contributed by atoms with Gasteiger partial charge in [-0.05, 0) is 41.8 Å². The average molecular weight is 469 g/mol. The molecular formula is C24H27N3O7. The second kappa shape index (κ2) is 9.70. The molecule has 0 bridgehead atoms. The number of likely N-dealkylation sites (tertiary alicyclic amines) is 1. The number of aromatic hydroxyl groups is 1. The third kappa shape index (κ3) is 5.13. The number of carboxylic acids is 1. The Balaban J connectivity index is 1.57. The Morgan fingerprint density at radius 2 is 2.03 bits per heavy atom. The first-order valence-electron chi connectivity index (χ1n) is 11.0. The van der Waals surface area contributed by atoms with Crippen molar-refractivity contribution in [3.05, 3.63) is 64.1 Å². The number of hydrogen-bond acceptors (Lipinski definition) is 7. The van der Waals surface area contributed by atoms with Crippen LogP contribution in [0.2, 0.25) is 0 Å². The van der Waals surface area contributed by atoms with Crippen LogP contribution in [-0.4, -0.2) is 74.3 Å². The normalized spacial score (nSPS) is 17.2. The summed E-state index contributed by atoms with van der Waals surface area (Å²) in [5.74, 6) is -2.03. The minimum absolute atomic E-state index is 0.0246. The van der Waals surface area contributed by atoms with Crippen molar-refractivity contribution in [3.8, 4) is 5.75 Å². The number of phenolic OH excluding ortho intramolecular Hbond substituents is 1. The zero-order valence-electron chi connectivity index (χ0n) is 18.8. The first kappa shape index (κ1) is 23.5. The number of rotatable bonds is 8. The van der Waals surface area contributed by atoms with Gasteiger partial charge in [0.15, 0.2) is 5.58 Å². The summed E-state index contributed by atoms with van der Waals surface area (Å²) in [6, 6.07) is 11.2. The molecule has 1 aromatic heterocycles. The van der Waals surface area contributed by atoms with Crippen molar-refractivity contribution in [1.29, 1.82) is 0 Å². The zero-order valence-corrected chi connectivity index (χ0v) is 18.8. The lowest BCUT2D eigenvalue weighted by atomic mass is 10.0. The summed E-state index contributed by atoms with van der Waals surface area (Å²) in [6.45, 7) is 1.21. The first-order chi connectivity index (χ1) is 16.2. The van der Waals surface area contributed by atoms with E-state index in [1.807, 2.05) is 6.07 Å². The molecule has 1 amide bonds. The number of likely N-dealkylation sites (N-methyl/N-ethyl adjacent to an activating group) is 1. The molecule has 0 spiro atoms. The van der Waals surface area contributed by atoms with Crippen molar-refractivity contribution < 1.29 is 29.3 Å². The predicted molar refractivity (Wildman–Crippen MR) is 122 cm³/mol. The number of oxazole rings is 1. The molecule has 2 heterocycles. The van der Waals surface area contributed by atoms with Gasteiger partial charge in [0.2, 0.25) is 5.91 Å². The van der Waals surface area contributed by atoms with Crippen LogP contribution < -0.4 is 5.76 Å². The van der Waals surface area contributed by atoms with E-state index >= 15 is 0 Å². The lowest BCUT2D eigenvalue weighted by Gasteiger charge is -2.32. The third-order valence-electron chi connectivity index (χ3n) is 6.18. The van der Waals surface area contributed by atoms with Gasteiger partial charge in [-0.25, -0.2) is 4.79 Å². The number of nitrogens with zero attached hydrogens (tertiary/aromatic N) is 3. The van der Waals surface area contributed by atoms with Crippen LogP contribution in [0.4, 0.5) is 0 Å². The summed E-state index contributed by atoms with van der Waals surface area (Å²) < 4.78 is 6.11. The predicted octanol–water partition coefficient (Wildman–Crippen LogP) is 1.19. The van der Waals surface area contributed by atoms with Crippen LogP contribution >= 0.6 is 0 Å². The molecule has 1 fully saturated rings. The number of fused-ring (bicyclic) bond motifs is 1. The highest BCUT2D eigenvalue weighted by Gasteiger charge is 2.28. The van der Waals surface area contributed by atoms with Crippen LogP contribution in [0, 0.1) is 0 Å². The molecule has 1 aliphatic rings. The number of amides is 1. The fourth-order valence-corrected chi connectivity index (χ4v) is 4.38. The lowest BCUT2D eigenvalue weighted by molar-refractivity contribution is -0.137. The van der Waals surface area contributed by atoms with Crippen LogP contribution in [0.3, 0.4) is 0 Å². The van der Waals surface area contributed by atoms with Crippen LogP contribution in [0.15, 0.2) is 51.7 Å². The van der Waals surface area contributed by atoms with Gasteiger partial charge >= 0.3 is 11.7 Å². The number of carbonyl (C=O) groups excluding carboxylic acids is 1. The number of aliphatic hydroxyl groups is 1. The largest absolute Gasteiger partial charge is 0.508 e. The molecule has 2 aromatic carbocycles. The monoisotopic (exact) mass is 469 g/mol. The minimum atomic E-state index is -1.17. The maximum Gasteiger partial charge on any atom is 0.420 e. The molecule has 0 unspecified atom stereocenters. The molecule has 10 nitrogen and oxygen atoms in total. The van der Waals surface area contributed by atoms with Gasteiger partial charge in [-0.15, -0.1) is 0 Å². The Bertz CT molecular complexity index is 1260. The molecule has 2 atom stereocenters. The van der Waals surface area contributed by atoms with Gasteiger partial charge in [0.1, 0.15) is 12.3 Å². The van der Waals surface area contributed by atoms with Gasteiger partial charge in [-0.2, -0.15) is 0 Å². The average Bonchev–Trinajstić information content (AvgIpc) is 3.33. The molecule has 4 rings (SSSR count). The quantitative estimate of drug-likeness (QED) is 0.448. The van der Waals surface area contributed by atoms with Crippen molar-refractivity contribution in [3.63, 3.8) is 0 Å². The summed E-state index contributed by atoms with van der Waals surface area (Å²) in [5, 5.41) is 29.0. The molecule has 0 aliphatic carbocycles. The van der Waals surface area contributed by atoms with Gasteiger partial charge in [0.05, 0.1) is 24.1 Å². The van der Waals surface area contributed by atoms with E-state index in [9.17, 15) is 24.6 Å². The van der Waals surface area contributed by atoms with E-state index in [-0.39, 0.29) is 29.7 Å². The highest BCUT2D eigenvalue weighted by Crippen LogP contribution is 2.26. The Kier molecular flexibility index (Phi) is 6.71. The fourth-order valence-electron chi connectivity index (χ4n) is 4.38. The first-order valence-corrected chi connectivity index (χ1v) is 11.0. The molecule has 34 heavy (non-hydrogen) atoms. The van der Waals surface area contributed by atoms with Crippen molar-refractivity contribution in [1.82, 2.24) is 14.4 Å². The van der Waals surface area contributed by atoms with Crippen molar-refractivity contribution in [2.45, 2.75) is 31.5 Å². The summed E-state index contributed by atoms with van der Waals surface area (Å²) in [7, 11) is 1.69. The number of aromatic nitrogens is 1. The summed E-state index contributed by atoms with van der Waals surface area (Å²) in [5.41, 5.74) is 1.95. The summed E-state index contributed by atoms with van der Waals surface area (Å²) in [4.78, 5) is 40.1.